The van der Waals surface area contributed by atoms with Gasteiger partial charge in [-0.15, -0.1) is 12.4 Å². The molecule has 3 N–H and O–H groups in total. The summed E-state index contributed by atoms with van der Waals surface area (Å²) in [5.41, 5.74) is 0.945. The van der Waals surface area contributed by atoms with E-state index in [1.165, 1.54) is 0 Å². The zero-order chi connectivity index (χ0) is 15.6. The Hall–Kier alpha value is -1.59. The molecule has 0 aromatic heterocycles. The lowest BCUT2D eigenvalue weighted by Crippen LogP contribution is -2.43. The number of hydrogen-bond donors (Lipinski definition) is 3. The smallest absolute Gasteiger partial charge is 0.246 e. The molecule has 0 radical (unpaired) electrons. The van der Waals surface area contributed by atoms with Crippen molar-refractivity contribution in [3.8, 4) is 0 Å². The van der Waals surface area contributed by atoms with Crippen LogP contribution in [0.3, 0.4) is 0 Å². The minimum Gasteiger partial charge on any atom is -0.344 e. The van der Waals surface area contributed by atoms with Crippen LogP contribution in [0, 0.1) is 11.3 Å². The van der Waals surface area contributed by atoms with Crippen LogP contribution in [0.1, 0.15) is 26.2 Å². The Labute approximate surface area is 143 Å². The van der Waals surface area contributed by atoms with Gasteiger partial charge in [0.05, 0.1) is 0 Å². The van der Waals surface area contributed by atoms with Gasteiger partial charge in [-0.1, -0.05) is 18.2 Å². The van der Waals surface area contributed by atoms with E-state index < -0.39 is 6.04 Å². The number of benzene rings is 1. The SMILES string of the molecule is CC(NC(=O)C1CC12CCNCC2)C(=O)Nc1ccccc1.Cl. The van der Waals surface area contributed by atoms with E-state index in [2.05, 4.69) is 16.0 Å². The van der Waals surface area contributed by atoms with E-state index >= 15 is 0 Å². The van der Waals surface area contributed by atoms with Gasteiger partial charge in [-0.25, -0.2) is 0 Å². The molecule has 6 heteroatoms. The first kappa shape index (κ1) is 17.8. The Morgan fingerprint density at radius 3 is 2.52 bits per heavy atom. The maximum Gasteiger partial charge on any atom is 0.246 e. The van der Waals surface area contributed by atoms with Gasteiger partial charge in [0.1, 0.15) is 6.04 Å². The molecule has 1 aliphatic heterocycles. The van der Waals surface area contributed by atoms with Crippen LogP contribution in [0.15, 0.2) is 30.3 Å². The number of hydrogen-bond acceptors (Lipinski definition) is 3. The van der Waals surface area contributed by atoms with Crippen molar-refractivity contribution in [1.29, 1.82) is 0 Å². The highest BCUT2D eigenvalue weighted by atomic mass is 35.5. The molecule has 2 atom stereocenters. The van der Waals surface area contributed by atoms with E-state index in [0.717, 1.165) is 38.0 Å². The topological polar surface area (TPSA) is 70.2 Å². The van der Waals surface area contributed by atoms with Gasteiger partial charge < -0.3 is 16.0 Å². The molecule has 1 aromatic rings. The van der Waals surface area contributed by atoms with Crippen LogP contribution in [0.5, 0.6) is 0 Å². The number of piperidine rings is 1. The van der Waals surface area contributed by atoms with E-state index in [4.69, 9.17) is 0 Å². The molecule has 1 saturated heterocycles. The minimum absolute atomic E-state index is 0. The third-order valence-corrected chi connectivity index (χ3v) is 4.90. The molecule has 2 aliphatic rings. The molecule has 1 spiro atoms. The first-order chi connectivity index (χ1) is 10.6. The van der Waals surface area contributed by atoms with Gasteiger partial charge in [-0.05, 0) is 56.8 Å². The molecule has 2 fully saturated rings. The molecule has 1 aliphatic carbocycles. The van der Waals surface area contributed by atoms with Crippen LogP contribution in [0.25, 0.3) is 0 Å². The maximum absolute atomic E-state index is 12.3. The second-order valence-electron chi connectivity index (χ2n) is 6.45. The van der Waals surface area contributed by atoms with E-state index in [0.29, 0.717) is 0 Å². The third-order valence-electron chi connectivity index (χ3n) is 4.90. The van der Waals surface area contributed by atoms with Crippen molar-refractivity contribution in [2.45, 2.75) is 32.2 Å². The van der Waals surface area contributed by atoms with Crippen molar-refractivity contribution < 1.29 is 9.59 Å². The summed E-state index contributed by atoms with van der Waals surface area (Å²) in [5.74, 6) is -0.0706. The van der Waals surface area contributed by atoms with Crippen molar-refractivity contribution >= 4 is 29.9 Å². The van der Waals surface area contributed by atoms with Crippen LogP contribution in [0.2, 0.25) is 0 Å². The Kier molecular flexibility index (Phi) is 5.65. The van der Waals surface area contributed by atoms with Crippen LogP contribution in [-0.4, -0.2) is 30.9 Å². The van der Waals surface area contributed by atoms with Crippen LogP contribution in [0.4, 0.5) is 5.69 Å². The molecule has 1 saturated carbocycles. The zero-order valence-electron chi connectivity index (χ0n) is 13.3. The summed E-state index contributed by atoms with van der Waals surface area (Å²) >= 11 is 0. The molecular formula is C17H24ClN3O2. The lowest BCUT2D eigenvalue weighted by molar-refractivity contribution is -0.127. The standard InChI is InChI=1S/C17H23N3O2.ClH/c1-12(15(21)20-13-5-3-2-4-6-13)19-16(22)14-11-17(14)7-9-18-10-8-17;/h2-6,12,14,18H,7-11H2,1H3,(H,19,22)(H,20,21);1H. The van der Waals surface area contributed by atoms with E-state index in [1.807, 2.05) is 30.3 Å². The first-order valence-corrected chi connectivity index (χ1v) is 7.98. The van der Waals surface area contributed by atoms with Crippen molar-refractivity contribution in [3.05, 3.63) is 30.3 Å². The highest BCUT2D eigenvalue weighted by molar-refractivity contribution is 5.97. The van der Waals surface area contributed by atoms with Gasteiger partial charge >= 0.3 is 0 Å². The normalized spacial score (nSPS) is 22.6. The number of rotatable bonds is 4. The Morgan fingerprint density at radius 1 is 1.22 bits per heavy atom. The molecule has 0 bridgehead atoms. The average molecular weight is 338 g/mol. The number of nitrogens with one attached hydrogen (secondary N) is 3. The predicted octanol–water partition coefficient (Wildman–Crippen LogP) is 1.94. The maximum atomic E-state index is 12.3. The van der Waals surface area contributed by atoms with Gasteiger partial charge in [0.15, 0.2) is 0 Å². The quantitative estimate of drug-likeness (QED) is 0.786. The number of para-hydroxylation sites is 1. The van der Waals surface area contributed by atoms with Crippen molar-refractivity contribution in [2.24, 2.45) is 11.3 Å². The second-order valence-corrected chi connectivity index (χ2v) is 6.45. The summed E-state index contributed by atoms with van der Waals surface area (Å²) in [4.78, 5) is 24.5. The number of carbonyl (C=O) groups is 2. The predicted molar refractivity (Wildman–Crippen MR) is 92.6 cm³/mol. The Morgan fingerprint density at radius 2 is 1.87 bits per heavy atom. The number of halogens is 1. The summed E-state index contributed by atoms with van der Waals surface area (Å²) in [5, 5.41) is 9.01. The van der Waals surface area contributed by atoms with E-state index in [-0.39, 0.29) is 35.6 Å². The van der Waals surface area contributed by atoms with Gasteiger partial charge in [-0.2, -0.15) is 0 Å². The monoisotopic (exact) mass is 337 g/mol. The fraction of sp³-hybridized carbons (Fsp3) is 0.529. The number of amides is 2. The van der Waals surface area contributed by atoms with Crippen molar-refractivity contribution in [3.63, 3.8) is 0 Å². The van der Waals surface area contributed by atoms with Crippen LogP contribution < -0.4 is 16.0 Å². The van der Waals surface area contributed by atoms with Crippen molar-refractivity contribution in [1.82, 2.24) is 10.6 Å². The number of anilines is 1. The first-order valence-electron chi connectivity index (χ1n) is 7.98. The molecule has 1 aromatic carbocycles. The molecular weight excluding hydrogens is 314 g/mol. The van der Waals surface area contributed by atoms with Gasteiger partial charge in [-0.3, -0.25) is 9.59 Å². The fourth-order valence-electron chi connectivity index (χ4n) is 3.35. The summed E-state index contributed by atoms with van der Waals surface area (Å²) < 4.78 is 0. The minimum atomic E-state index is -0.521. The van der Waals surface area contributed by atoms with Crippen LogP contribution in [-0.2, 0) is 9.59 Å². The highest BCUT2D eigenvalue weighted by Gasteiger charge is 2.57. The molecule has 126 valence electrons. The van der Waals surface area contributed by atoms with Gasteiger partial charge in [0, 0.05) is 11.6 Å². The zero-order valence-corrected chi connectivity index (χ0v) is 14.1. The molecule has 23 heavy (non-hydrogen) atoms. The van der Waals surface area contributed by atoms with E-state index in [1.54, 1.807) is 6.92 Å². The Balaban J connectivity index is 0.00000192. The molecule has 2 unspecified atom stereocenters. The largest absolute Gasteiger partial charge is 0.344 e. The average Bonchev–Trinajstić information content (AvgIpc) is 3.22. The molecule has 1 heterocycles. The number of carbonyl (C=O) groups excluding carboxylic acids is 2. The molecule has 3 rings (SSSR count). The fourth-order valence-corrected chi connectivity index (χ4v) is 3.35. The van der Waals surface area contributed by atoms with Gasteiger partial charge in [0.25, 0.3) is 0 Å². The lowest BCUT2D eigenvalue weighted by atomic mass is 9.91. The van der Waals surface area contributed by atoms with E-state index in [9.17, 15) is 9.59 Å². The summed E-state index contributed by atoms with van der Waals surface area (Å²) in [6.45, 7) is 3.72. The molecule has 5 nitrogen and oxygen atoms in total. The summed E-state index contributed by atoms with van der Waals surface area (Å²) in [6.07, 6.45) is 3.10. The van der Waals surface area contributed by atoms with Crippen LogP contribution >= 0.6 is 12.4 Å². The highest BCUT2D eigenvalue weighted by Crippen LogP contribution is 2.58. The second kappa shape index (κ2) is 7.32. The summed E-state index contributed by atoms with van der Waals surface area (Å²) in [6, 6.07) is 8.77. The van der Waals surface area contributed by atoms with Crippen molar-refractivity contribution in [2.75, 3.05) is 18.4 Å². The summed E-state index contributed by atoms with van der Waals surface area (Å²) in [7, 11) is 0. The lowest BCUT2D eigenvalue weighted by Gasteiger charge is -2.23. The van der Waals surface area contributed by atoms with Gasteiger partial charge in [0.2, 0.25) is 11.8 Å². The molecule has 2 amide bonds. The Bertz CT molecular complexity index is 558. The third kappa shape index (κ3) is 4.03.